The second-order valence-electron chi connectivity index (χ2n) is 9.27. The van der Waals surface area contributed by atoms with Gasteiger partial charge in [0.15, 0.2) is 0 Å². The van der Waals surface area contributed by atoms with Crippen molar-refractivity contribution in [2.75, 3.05) is 5.32 Å². The van der Waals surface area contributed by atoms with E-state index in [9.17, 15) is 22.8 Å². The Hall–Kier alpha value is -3.66. The van der Waals surface area contributed by atoms with Crippen molar-refractivity contribution < 1.29 is 18.0 Å². The van der Waals surface area contributed by atoms with Crippen molar-refractivity contribution in [3.8, 4) is 0 Å². The van der Waals surface area contributed by atoms with Crippen molar-refractivity contribution in [2.45, 2.75) is 43.9 Å². The Balaban J connectivity index is 1.26. The molecule has 1 amide bonds. The van der Waals surface area contributed by atoms with Crippen LogP contribution in [0.5, 0.6) is 0 Å². The first-order chi connectivity index (χ1) is 17.6. The molecule has 1 saturated carbocycles. The highest BCUT2D eigenvalue weighted by atomic mass is 35.5. The largest absolute Gasteiger partial charge is 0.433 e. The van der Waals surface area contributed by atoms with E-state index in [0.29, 0.717) is 58.2 Å². The van der Waals surface area contributed by atoms with Gasteiger partial charge in [-0.3, -0.25) is 9.59 Å². The number of aryl methyl sites for hydroxylation is 1. The maximum absolute atomic E-state index is 13.4. The molecule has 2 N–H and O–H groups in total. The van der Waals surface area contributed by atoms with Crippen LogP contribution in [0.2, 0.25) is 5.02 Å². The van der Waals surface area contributed by atoms with Crippen LogP contribution in [-0.2, 0) is 13.2 Å². The Morgan fingerprint density at radius 3 is 2.46 bits per heavy atom. The van der Waals surface area contributed by atoms with Crippen LogP contribution < -0.4 is 16.2 Å². The van der Waals surface area contributed by atoms with Crippen molar-refractivity contribution in [3.63, 3.8) is 0 Å². The van der Waals surface area contributed by atoms with Gasteiger partial charge in [-0.05, 0) is 68.1 Å². The zero-order chi connectivity index (χ0) is 26.3. The van der Waals surface area contributed by atoms with E-state index in [2.05, 4.69) is 20.6 Å². The Morgan fingerprint density at radius 1 is 1.00 bits per heavy atom. The molecule has 0 spiro atoms. The van der Waals surface area contributed by atoms with Crippen molar-refractivity contribution >= 4 is 45.0 Å². The first kappa shape index (κ1) is 25.0. The molecule has 2 aromatic heterocycles. The third-order valence-electron chi connectivity index (χ3n) is 6.66. The first-order valence-electron chi connectivity index (χ1n) is 11.8. The van der Waals surface area contributed by atoms with Gasteiger partial charge in [0.25, 0.3) is 11.5 Å². The number of hydrogen-bond donors (Lipinski definition) is 2. The maximum Gasteiger partial charge on any atom is 0.433 e. The van der Waals surface area contributed by atoms with E-state index in [1.54, 1.807) is 31.3 Å². The summed E-state index contributed by atoms with van der Waals surface area (Å²) in [5.41, 5.74) is 0.260. The molecule has 1 aliphatic rings. The summed E-state index contributed by atoms with van der Waals surface area (Å²) in [6.07, 6.45) is -0.523. The molecule has 1 aliphatic carbocycles. The molecule has 0 atom stereocenters. The highest BCUT2D eigenvalue weighted by molar-refractivity contribution is 6.31. The van der Waals surface area contributed by atoms with Crippen LogP contribution in [-0.4, -0.2) is 32.5 Å². The molecule has 2 heterocycles. The minimum Gasteiger partial charge on any atom is -0.382 e. The van der Waals surface area contributed by atoms with E-state index < -0.39 is 11.9 Å². The van der Waals surface area contributed by atoms with E-state index in [-0.39, 0.29) is 29.1 Å². The Morgan fingerprint density at radius 2 is 1.73 bits per heavy atom. The maximum atomic E-state index is 13.4. The number of anilines is 1. The SMILES string of the molecule is Cn1cnc2cc(C(=O)N[C@H]3CC[C@@H](Nc4cc(C(F)(F)F)nc5ccc(Cl)cc45)CC3)ccc2c1=O. The summed E-state index contributed by atoms with van der Waals surface area (Å²) in [4.78, 5) is 33.0. The molecule has 0 aliphatic heterocycles. The van der Waals surface area contributed by atoms with Crippen molar-refractivity contribution in [3.05, 3.63) is 75.4 Å². The van der Waals surface area contributed by atoms with Crippen molar-refractivity contribution in [1.29, 1.82) is 0 Å². The van der Waals surface area contributed by atoms with Crippen molar-refractivity contribution in [1.82, 2.24) is 19.9 Å². The lowest BCUT2D eigenvalue weighted by molar-refractivity contribution is -0.140. The Labute approximate surface area is 214 Å². The fourth-order valence-corrected chi connectivity index (χ4v) is 4.86. The van der Waals surface area contributed by atoms with E-state index in [1.165, 1.54) is 23.0 Å². The van der Waals surface area contributed by atoms with Gasteiger partial charge in [-0.1, -0.05) is 11.6 Å². The van der Waals surface area contributed by atoms with Gasteiger partial charge >= 0.3 is 6.18 Å². The molecule has 7 nitrogen and oxygen atoms in total. The second kappa shape index (κ2) is 9.66. The van der Waals surface area contributed by atoms with Gasteiger partial charge in [0.05, 0.1) is 22.7 Å². The number of carbonyl (C=O) groups excluding carboxylic acids is 1. The number of alkyl halides is 3. The van der Waals surface area contributed by atoms with E-state index >= 15 is 0 Å². The number of fused-ring (bicyclic) bond motifs is 2. The molecule has 0 bridgehead atoms. The lowest BCUT2D eigenvalue weighted by Gasteiger charge is -2.30. The standard InChI is InChI=1S/C26H23ClF3N5O2/c1-35-13-31-21-10-14(2-8-18(21)25(35)37)24(36)33-17-6-4-16(5-7-17)32-22-12-23(26(28,29)30)34-20-9-3-15(27)11-19(20)22/h2-3,8-13,16-17H,4-7H2,1H3,(H,32,34)(H,33,36)/t16-,17+. The summed E-state index contributed by atoms with van der Waals surface area (Å²) < 4.78 is 41.6. The lowest BCUT2D eigenvalue weighted by atomic mass is 9.90. The molecule has 11 heteroatoms. The number of amides is 1. The number of halogens is 4. The van der Waals surface area contributed by atoms with Crippen LogP contribution in [0, 0.1) is 0 Å². The Bertz CT molecular complexity index is 1560. The van der Waals surface area contributed by atoms with E-state index in [4.69, 9.17) is 11.6 Å². The van der Waals surface area contributed by atoms with Crippen LogP contribution >= 0.6 is 11.6 Å². The quantitative estimate of drug-likeness (QED) is 0.374. The topological polar surface area (TPSA) is 88.9 Å². The summed E-state index contributed by atoms with van der Waals surface area (Å²) in [5, 5.41) is 7.64. The van der Waals surface area contributed by atoms with Crippen LogP contribution in [0.25, 0.3) is 21.8 Å². The number of rotatable bonds is 4. The molecule has 0 saturated heterocycles. The molecule has 192 valence electrons. The highest BCUT2D eigenvalue weighted by Gasteiger charge is 2.34. The molecular formula is C26H23ClF3N5O2. The predicted octanol–water partition coefficient (Wildman–Crippen LogP) is 5.31. The highest BCUT2D eigenvalue weighted by Crippen LogP contribution is 2.35. The molecule has 1 fully saturated rings. The van der Waals surface area contributed by atoms with Gasteiger partial charge in [-0.2, -0.15) is 13.2 Å². The van der Waals surface area contributed by atoms with Crippen LogP contribution in [0.1, 0.15) is 41.7 Å². The van der Waals surface area contributed by atoms with Crippen molar-refractivity contribution in [2.24, 2.45) is 7.05 Å². The van der Waals surface area contributed by atoms with Crippen LogP contribution in [0.15, 0.2) is 53.6 Å². The minimum atomic E-state index is -4.57. The number of carbonyl (C=O) groups is 1. The molecule has 0 unspecified atom stereocenters. The number of aromatic nitrogens is 3. The fraction of sp³-hybridized carbons (Fsp3) is 0.308. The molecule has 37 heavy (non-hydrogen) atoms. The van der Waals surface area contributed by atoms with Gasteiger partial charge in [0, 0.05) is 40.8 Å². The van der Waals surface area contributed by atoms with E-state index in [0.717, 1.165) is 6.07 Å². The third kappa shape index (κ3) is 5.24. The third-order valence-corrected chi connectivity index (χ3v) is 6.90. The van der Waals surface area contributed by atoms with Gasteiger partial charge in [0.1, 0.15) is 5.69 Å². The summed E-state index contributed by atoms with van der Waals surface area (Å²) >= 11 is 6.09. The number of benzene rings is 2. The smallest absolute Gasteiger partial charge is 0.382 e. The predicted molar refractivity (Wildman–Crippen MR) is 136 cm³/mol. The molecule has 2 aromatic carbocycles. The van der Waals surface area contributed by atoms with Gasteiger partial charge < -0.3 is 15.2 Å². The second-order valence-corrected chi connectivity index (χ2v) is 9.71. The summed E-state index contributed by atoms with van der Waals surface area (Å²) in [6.45, 7) is 0. The van der Waals surface area contributed by atoms with Gasteiger partial charge in [-0.25, -0.2) is 9.97 Å². The monoisotopic (exact) mass is 529 g/mol. The average Bonchev–Trinajstić information content (AvgIpc) is 2.86. The molecule has 4 aromatic rings. The Kier molecular flexibility index (Phi) is 6.53. The summed E-state index contributed by atoms with van der Waals surface area (Å²) in [5.74, 6) is -0.259. The van der Waals surface area contributed by atoms with Crippen LogP contribution in [0.4, 0.5) is 18.9 Å². The normalized spacial score (nSPS) is 18.2. The molecule has 0 radical (unpaired) electrons. The zero-order valence-electron chi connectivity index (χ0n) is 19.8. The number of nitrogens with one attached hydrogen (secondary N) is 2. The van der Waals surface area contributed by atoms with E-state index in [1.807, 2.05) is 0 Å². The van der Waals surface area contributed by atoms with Crippen LogP contribution in [0.3, 0.4) is 0 Å². The number of hydrogen-bond acceptors (Lipinski definition) is 5. The number of nitrogens with zero attached hydrogens (tertiary/aromatic N) is 3. The lowest BCUT2D eigenvalue weighted by Crippen LogP contribution is -2.40. The first-order valence-corrected chi connectivity index (χ1v) is 12.2. The average molecular weight is 530 g/mol. The fourth-order valence-electron chi connectivity index (χ4n) is 4.69. The van der Waals surface area contributed by atoms with Gasteiger partial charge in [0.2, 0.25) is 0 Å². The summed E-state index contributed by atoms with van der Waals surface area (Å²) in [7, 11) is 1.61. The minimum absolute atomic E-state index is 0.0695. The van der Waals surface area contributed by atoms with Gasteiger partial charge in [-0.15, -0.1) is 0 Å². The summed E-state index contributed by atoms with van der Waals surface area (Å²) in [6, 6.07) is 10.3. The number of pyridine rings is 1. The zero-order valence-corrected chi connectivity index (χ0v) is 20.5. The molecule has 5 rings (SSSR count). The molecular weight excluding hydrogens is 507 g/mol.